The van der Waals surface area contributed by atoms with Crippen molar-refractivity contribution in [3.8, 4) is 11.3 Å². The Hall–Kier alpha value is -3.29. The van der Waals surface area contributed by atoms with Crippen LogP contribution in [0.1, 0.15) is 62.1 Å². The first-order valence-corrected chi connectivity index (χ1v) is 10.7. The van der Waals surface area contributed by atoms with Gasteiger partial charge in [0.05, 0.1) is 24.6 Å². The fourth-order valence-corrected chi connectivity index (χ4v) is 3.87. The highest BCUT2D eigenvalue weighted by Crippen LogP contribution is 2.32. The highest BCUT2D eigenvalue weighted by Gasteiger charge is 2.29. The minimum Gasteiger partial charge on any atom is -0.363 e. The molecule has 1 N–H and O–H groups in total. The van der Waals surface area contributed by atoms with E-state index in [1.54, 1.807) is 36.6 Å². The number of benzene rings is 1. The summed E-state index contributed by atoms with van der Waals surface area (Å²) in [6.07, 6.45) is 4.89. The lowest BCUT2D eigenvalue weighted by Crippen LogP contribution is -2.22. The fraction of sp³-hybridized carbons (Fsp3) is 0.375. The first-order chi connectivity index (χ1) is 15.1. The molecule has 1 aromatic carbocycles. The van der Waals surface area contributed by atoms with Gasteiger partial charge in [-0.15, -0.1) is 0 Å². The zero-order valence-corrected chi connectivity index (χ0v) is 18.9. The van der Waals surface area contributed by atoms with Gasteiger partial charge in [0.1, 0.15) is 17.5 Å². The van der Waals surface area contributed by atoms with E-state index in [9.17, 15) is 9.18 Å². The average molecular weight is 440 g/mol. The van der Waals surface area contributed by atoms with E-state index >= 15 is 4.39 Å². The molecule has 0 saturated heterocycles. The minimum atomic E-state index is -0.560. The second-order valence-electron chi connectivity index (χ2n) is 9.06. The van der Waals surface area contributed by atoms with Crippen molar-refractivity contribution in [1.29, 1.82) is 0 Å². The summed E-state index contributed by atoms with van der Waals surface area (Å²) in [5.41, 5.74) is 1.83. The first-order valence-electron chi connectivity index (χ1n) is 10.7. The second kappa shape index (κ2) is 8.00. The maximum Gasteiger partial charge on any atom is 0.254 e. The number of hydrogen-bond donors (Lipinski definition) is 1. The summed E-state index contributed by atoms with van der Waals surface area (Å²) in [4.78, 5) is 22.7. The summed E-state index contributed by atoms with van der Waals surface area (Å²) in [6, 6.07) is 3.51. The van der Waals surface area contributed by atoms with Gasteiger partial charge in [-0.1, -0.05) is 0 Å². The standard InChI is InChI=1S/C24H27F2N5O/c1-6-30-11-18-15(23(30)32)7-8-27-22(18)29-14(2)16-9-20(26)17(10-19(16)25)21-12-31(13-28-21)24(3,4)5/h7-10,12-14H,6,11H2,1-5H3,(H,27,29). The number of imidazole rings is 1. The van der Waals surface area contributed by atoms with E-state index in [0.29, 0.717) is 30.2 Å². The van der Waals surface area contributed by atoms with Crippen LogP contribution in [-0.4, -0.2) is 31.9 Å². The molecule has 6 nitrogen and oxygen atoms in total. The van der Waals surface area contributed by atoms with Crippen LogP contribution in [0.2, 0.25) is 0 Å². The Morgan fingerprint density at radius 1 is 1.16 bits per heavy atom. The zero-order chi connectivity index (χ0) is 23.2. The molecule has 1 unspecified atom stereocenters. The second-order valence-corrected chi connectivity index (χ2v) is 9.06. The van der Waals surface area contributed by atoms with Gasteiger partial charge in [-0.05, 0) is 52.8 Å². The summed E-state index contributed by atoms with van der Waals surface area (Å²) < 4.78 is 31.9. The minimum absolute atomic E-state index is 0.0446. The van der Waals surface area contributed by atoms with Crippen LogP contribution < -0.4 is 5.32 Å². The molecule has 0 aliphatic carbocycles. The molecule has 8 heteroatoms. The third-order valence-electron chi connectivity index (χ3n) is 5.84. The molecule has 0 spiro atoms. The Morgan fingerprint density at radius 2 is 1.91 bits per heavy atom. The van der Waals surface area contributed by atoms with Crippen LogP contribution in [0.25, 0.3) is 11.3 Å². The summed E-state index contributed by atoms with van der Waals surface area (Å²) >= 11 is 0. The number of fused-ring (bicyclic) bond motifs is 1. The third kappa shape index (κ3) is 3.85. The number of carbonyl (C=O) groups is 1. The summed E-state index contributed by atoms with van der Waals surface area (Å²) in [5, 5.41) is 3.16. The predicted molar refractivity (Wildman–Crippen MR) is 119 cm³/mol. The molecule has 0 saturated carbocycles. The van der Waals surface area contributed by atoms with E-state index in [1.165, 1.54) is 12.1 Å². The molecule has 1 atom stereocenters. The normalized spacial score (nSPS) is 14.6. The maximum atomic E-state index is 15.0. The highest BCUT2D eigenvalue weighted by atomic mass is 19.1. The molecule has 0 radical (unpaired) electrons. The van der Waals surface area contributed by atoms with Crippen LogP contribution in [0.5, 0.6) is 0 Å². The lowest BCUT2D eigenvalue weighted by Gasteiger charge is -2.20. The molecule has 2 aromatic heterocycles. The van der Waals surface area contributed by atoms with Gasteiger partial charge in [0.2, 0.25) is 0 Å². The van der Waals surface area contributed by atoms with Gasteiger partial charge >= 0.3 is 0 Å². The van der Waals surface area contributed by atoms with Crippen molar-refractivity contribution in [1.82, 2.24) is 19.4 Å². The molecule has 1 amide bonds. The van der Waals surface area contributed by atoms with Gasteiger partial charge in [-0.2, -0.15) is 0 Å². The van der Waals surface area contributed by atoms with Crippen molar-refractivity contribution in [3.05, 3.63) is 65.2 Å². The van der Waals surface area contributed by atoms with E-state index in [0.717, 1.165) is 5.56 Å². The molecule has 168 valence electrons. The van der Waals surface area contributed by atoms with Crippen molar-refractivity contribution in [3.63, 3.8) is 0 Å². The van der Waals surface area contributed by atoms with Crippen LogP contribution >= 0.6 is 0 Å². The van der Waals surface area contributed by atoms with Crippen LogP contribution in [0.4, 0.5) is 14.6 Å². The number of nitrogens with one attached hydrogen (secondary N) is 1. The number of rotatable bonds is 5. The Kier molecular flexibility index (Phi) is 5.48. The van der Waals surface area contributed by atoms with E-state index < -0.39 is 17.7 Å². The fourth-order valence-electron chi connectivity index (χ4n) is 3.87. The maximum absolute atomic E-state index is 15.0. The molecular weight excluding hydrogens is 412 g/mol. The number of hydrogen-bond acceptors (Lipinski definition) is 4. The molecule has 1 aliphatic heterocycles. The van der Waals surface area contributed by atoms with Crippen LogP contribution in [0.15, 0.2) is 36.9 Å². The Balaban J connectivity index is 1.61. The topological polar surface area (TPSA) is 63.1 Å². The lowest BCUT2D eigenvalue weighted by atomic mass is 10.0. The SMILES string of the molecule is CCN1Cc2c(ccnc2NC(C)c2cc(F)c(-c3cn(C(C)(C)C)cn3)cc2F)C1=O. The van der Waals surface area contributed by atoms with Crippen molar-refractivity contribution in [2.75, 3.05) is 11.9 Å². The third-order valence-corrected chi connectivity index (χ3v) is 5.84. The van der Waals surface area contributed by atoms with E-state index in [2.05, 4.69) is 15.3 Å². The molecule has 4 rings (SSSR count). The Bertz CT molecular complexity index is 1180. The molecule has 0 bridgehead atoms. The Morgan fingerprint density at radius 3 is 2.56 bits per heavy atom. The molecular formula is C24H27F2N5O. The average Bonchev–Trinajstić information content (AvgIpc) is 3.35. The van der Waals surface area contributed by atoms with Crippen molar-refractivity contribution in [2.24, 2.45) is 0 Å². The van der Waals surface area contributed by atoms with Gasteiger partial charge in [-0.3, -0.25) is 4.79 Å². The largest absolute Gasteiger partial charge is 0.363 e. The molecule has 3 aromatic rings. The van der Waals surface area contributed by atoms with Crippen LogP contribution in [0, 0.1) is 11.6 Å². The van der Waals surface area contributed by atoms with Gasteiger partial charge in [0.15, 0.2) is 0 Å². The van der Waals surface area contributed by atoms with Gasteiger partial charge < -0.3 is 14.8 Å². The molecule has 32 heavy (non-hydrogen) atoms. The molecule has 1 aliphatic rings. The van der Waals surface area contributed by atoms with E-state index in [1.807, 2.05) is 32.3 Å². The number of halogens is 2. The number of aromatic nitrogens is 3. The summed E-state index contributed by atoms with van der Waals surface area (Å²) in [7, 11) is 0. The van der Waals surface area contributed by atoms with Gasteiger partial charge in [-0.25, -0.2) is 18.7 Å². The monoisotopic (exact) mass is 439 g/mol. The number of anilines is 1. The Labute approximate surface area is 186 Å². The highest BCUT2D eigenvalue weighted by molar-refractivity contribution is 5.99. The molecule has 3 heterocycles. The number of pyridine rings is 1. The number of carbonyl (C=O) groups excluding carboxylic acids is 1. The van der Waals surface area contributed by atoms with Crippen molar-refractivity contribution < 1.29 is 13.6 Å². The number of amides is 1. The van der Waals surface area contributed by atoms with E-state index in [-0.39, 0.29) is 22.6 Å². The predicted octanol–water partition coefficient (Wildman–Crippen LogP) is 5.13. The van der Waals surface area contributed by atoms with Crippen molar-refractivity contribution in [2.45, 2.75) is 52.7 Å². The quantitative estimate of drug-likeness (QED) is 0.599. The van der Waals surface area contributed by atoms with Gasteiger partial charge in [0.25, 0.3) is 5.91 Å². The van der Waals surface area contributed by atoms with Crippen LogP contribution in [0.3, 0.4) is 0 Å². The van der Waals surface area contributed by atoms with Crippen molar-refractivity contribution >= 4 is 11.7 Å². The lowest BCUT2D eigenvalue weighted by molar-refractivity contribution is 0.0787. The molecule has 0 fully saturated rings. The summed E-state index contributed by atoms with van der Waals surface area (Å²) in [5.74, 6) is -0.623. The van der Waals surface area contributed by atoms with Gasteiger partial charge in [0, 0.05) is 46.7 Å². The van der Waals surface area contributed by atoms with E-state index in [4.69, 9.17) is 0 Å². The zero-order valence-electron chi connectivity index (χ0n) is 18.9. The number of nitrogens with zero attached hydrogens (tertiary/aromatic N) is 4. The van der Waals surface area contributed by atoms with Crippen LogP contribution in [-0.2, 0) is 12.1 Å². The summed E-state index contributed by atoms with van der Waals surface area (Å²) in [6.45, 7) is 10.7. The first kappa shape index (κ1) is 21.9. The smallest absolute Gasteiger partial charge is 0.254 e.